The molecule has 2 aromatic rings. The molecule has 5 heteroatoms. The lowest BCUT2D eigenvalue weighted by atomic mass is 10.1. The number of ether oxygens (including phenoxy) is 2. The summed E-state index contributed by atoms with van der Waals surface area (Å²) in [5.74, 6) is 1.45. The smallest absolute Gasteiger partial charge is 0.257 e. The van der Waals surface area contributed by atoms with Crippen LogP contribution in [0.1, 0.15) is 29.8 Å². The van der Waals surface area contributed by atoms with Gasteiger partial charge in [0.1, 0.15) is 19.5 Å². The first-order valence-corrected chi connectivity index (χ1v) is 7.37. The standard InChI is InChI=1S/C17H19NO4/c1-12(2)18(17(19)14-5-6-20-11-14)10-13-3-4-15-16(9-13)22-8-7-21-15/h3-6,9,11-12H,7-8,10H2,1-2H3. The summed E-state index contributed by atoms with van der Waals surface area (Å²) in [6.07, 6.45) is 2.98. The molecule has 0 saturated carbocycles. The van der Waals surface area contributed by atoms with Crippen molar-refractivity contribution in [1.82, 2.24) is 4.90 Å². The maximum Gasteiger partial charge on any atom is 0.257 e. The Kier molecular flexibility index (Phi) is 4.04. The summed E-state index contributed by atoms with van der Waals surface area (Å²) in [4.78, 5) is 14.4. The quantitative estimate of drug-likeness (QED) is 0.870. The molecule has 0 saturated heterocycles. The van der Waals surface area contributed by atoms with Crippen LogP contribution in [0, 0.1) is 0 Å². The molecule has 0 spiro atoms. The summed E-state index contributed by atoms with van der Waals surface area (Å²) in [6, 6.07) is 7.56. The topological polar surface area (TPSA) is 51.9 Å². The fraction of sp³-hybridized carbons (Fsp3) is 0.353. The molecule has 0 N–H and O–H groups in total. The second-order valence-electron chi connectivity index (χ2n) is 5.52. The number of furan rings is 1. The van der Waals surface area contributed by atoms with Crippen molar-refractivity contribution in [2.24, 2.45) is 0 Å². The van der Waals surface area contributed by atoms with E-state index in [4.69, 9.17) is 13.9 Å². The van der Waals surface area contributed by atoms with Crippen molar-refractivity contribution in [1.29, 1.82) is 0 Å². The minimum atomic E-state index is -0.0429. The van der Waals surface area contributed by atoms with Gasteiger partial charge in [0.15, 0.2) is 11.5 Å². The highest BCUT2D eigenvalue weighted by Crippen LogP contribution is 2.31. The zero-order valence-electron chi connectivity index (χ0n) is 12.7. The Morgan fingerprint density at radius 3 is 2.64 bits per heavy atom. The van der Waals surface area contributed by atoms with E-state index in [2.05, 4.69) is 0 Å². The van der Waals surface area contributed by atoms with Gasteiger partial charge in [0.05, 0.1) is 11.8 Å². The van der Waals surface area contributed by atoms with Gasteiger partial charge in [-0.1, -0.05) is 6.07 Å². The molecule has 1 aromatic carbocycles. The normalized spacial score (nSPS) is 13.2. The Morgan fingerprint density at radius 1 is 1.18 bits per heavy atom. The minimum Gasteiger partial charge on any atom is -0.486 e. The molecule has 0 bridgehead atoms. The first-order chi connectivity index (χ1) is 10.6. The SMILES string of the molecule is CC(C)N(Cc1ccc2c(c1)OCCO2)C(=O)c1ccoc1. The van der Waals surface area contributed by atoms with Crippen molar-refractivity contribution in [3.8, 4) is 11.5 Å². The molecule has 2 heterocycles. The van der Waals surface area contributed by atoms with Crippen molar-refractivity contribution in [2.75, 3.05) is 13.2 Å². The lowest BCUT2D eigenvalue weighted by Gasteiger charge is -2.27. The summed E-state index contributed by atoms with van der Waals surface area (Å²) in [7, 11) is 0. The molecule has 22 heavy (non-hydrogen) atoms. The highest BCUT2D eigenvalue weighted by atomic mass is 16.6. The number of nitrogens with zero attached hydrogens (tertiary/aromatic N) is 1. The number of hydrogen-bond acceptors (Lipinski definition) is 4. The number of amides is 1. The molecule has 0 aliphatic carbocycles. The minimum absolute atomic E-state index is 0.0429. The van der Waals surface area contributed by atoms with Crippen LogP contribution >= 0.6 is 0 Å². The fourth-order valence-electron chi connectivity index (χ4n) is 2.42. The van der Waals surface area contributed by atoms with Crippen LogP contribution in [0.4, 0.5) is 0 Å². The van der Waals surface area contributed by atoms with Crippen LogP contribution in [-0.4, -0.2) is 30.1 Å². The van der Waals surface area contributed by atoms with Gasteiger partial charge < -0.3 is 18.8 Å². The van der Waals surface area contributed by atoms with Gasteiger partial charge in [-0.05, 0) is 37.6 Å². The van der Waals surface area contributed by atoms with E-state index in [0.29, 0.717) is 25.3 Å². The lowest BCUT2D eigenvalue weighted by Crippen LogP contribution is -2.36. The zero-order chi connectivity index (χ0) is 15.5. The molecule has 116 valence electrons. The van der Waals surface area contributed by atoms with Gasteiger partial charge >= 0.3 is 0 Å². The Bertz CT molecular complexity index is 649. The second kappa shape index (κ2) is 6.13. The van der Waals surface area contributed by atoms with E-state index in [1.165, 1.54) is 12.5 Å². The third-order valence-electron chi connectivity index (χ3n) is 3.61. The molecule has 3 rings (SSSR count). The van der Waals surface area contributed by atoms with Crippen molar-refractivity contribution >= 4 is 5.91 Å². The van der Waals surface area contributed by atoms with Crippen molar-refractivity contribution in [3.63, 3.8) is 0 Å². The number of benzene rings is 1. The third kappa shape index (κ3) is 2.93. The second-order valence-corrected chi connectivity index (χ2v) is 5.52. The van der Waals surface area contributed by atoms with E-state index in [-0.39, 0.29) is 11.9 Å². The van der Waals surface area contributed by atoms with Crippen LogP contribution in [0.3, 0.4) is 0 Å². The summed E-state index contributed by atoms with van der Waals surface area (Å²) in [6.45, 7) is 5.63. The largest absolute Gasteiger partial charge is 0.486 e. The Hall–Kier alpha value is -2.43. The summed E-state index contributed by atoms with van der Waals surface area (Å²) in [5, 5.41) is 0. The molecule has 1 aliphatic heterocycles. The average molecular weight is 301 g/mol. The van der Waals surface area contributed by atoms with E-state index in [1.807, 2.05) is 32.0 Å². The molecule has 5 nitrogen and oxygen atoms in total. The van der Waals surface area contributed by atoms with Crippen molar-refractivity contribution in [2.45, 2.75) is 26.4 Å². The van der Waals surface area contributed by atoms with Crippen LogP contribution in [0.5, 0.6) is 11.5 Å². The van der Waals surface area contributed by atoms with Crippen molar-refractivity contribution in [3.05, 3.63) is 47.9 Å². The number of carbonyl (C=O) groups is 1. The van der Waals surface area contributed by atoms with Crippen LogP contribution in [0.15, 0.2) is 41.2 Å². The van der Waals surface area contributed by atoms with Gasteiger partial charge in [0, 0.05) is 12.6 Å². The number of fused-ring (bicyclic) bond motifs is 1. The van der Waals surface area contributed by atoms with E-state index in [9.17, 15) is 4.79 Å². The predicted octanol–water partition coefficient (Wildman–Crippen LogP) is 3.10. The van der Waals surface area contributed by atoms with Crippen LogP contribution in [0.2, 0.25) is 0 Å². The molecular weight excluding hydrogens is 282 g/mol. The molecule has 0 fully saturated rings. The van der Waals surface area contributed by atoms with Crippen LogP contribution < -0.4 is 9.47 Å². The highest BCUT2D eigenvalue weighted by Gasteiger charge is 2.21. The van der Waals surface area contributed by atoms with Gasteiger partial charge in [-0.15, -0.1) is 0 Å². The van der Waals surface area contributed by atoms with Crippen LogP contribution in [-0.2, 0) is 6.54 Å². The van der Waals surface area contributed by atoms with Gasteiger partial charge in [-0.25, -0.2) is 0 Å². The lowest BCUT2D eigenvalue weighted by molar-refractivity contribution is 0.0689. The average Bonchev–Trinajstić information content (AvgIpc) is 3.06. The number of hydrogen-bond donors (Lipinski definition) is 0. The summed E-state index contributed by atoms with van der Waals surface area (Å²) < 4.78 is 16.1. The zero-order valence-corrected chi connectivity index (χ0v) is 12.7. The number of rotatable bonds is 4. The van der Waals surface area contributed by atoms with Gasteiger partial charge in [0.2, 0.25) is 0 Å². The third-order valence-corrected chi connectivity index (χ3v) is 3.61. The van der Waals surface area contributed by atoms with E-state index >= 15 is 0 Å². The Balaban J connectivity index is 1.80. The van der Waals surface area contributed by atoms with E-state index in [0.717, 1.165) is 17.1 Å². The first-order valence-electron chi connectivity index (χ1n) is 7.37. The van der Waals surface area contributed by atoms with Crippen molar-refractivity contribution < 1.29 is 18.7 Å². The monoisotopic (exact) mass is 301 g/mol. The van der Waals surface area contributed by atoms with E-state index in [1.54, 1.807) is 11.0 Å². The summed E-state index contributed by atoms with van der Waals surface area (Å²) in [5.41, 5.74) is 1.57. The molecular formula is C17H19NO4. The number of carbonyl (C=O) groups excluding carboxylic acids is 1. The predicted molar refractivity (Wildman–Crippen MR) is 81.1 cm³/mol. The van der Waals surface area contributed by atoms with Crippen LogP contribution in [0.25, 0.3) is 0 Å². The molecule has 0 unspecified atom stereocenters. The Morgan fingerprint density at radius 2 is 1.95 bits per heavy atom. The van der Waals surface area contributed by atoms with E-state index < -0.39 is 0 Å². The molecule has 1 aliphatic rings. The van der Waals surface area contributed by atoms with Gasteiger partial charge in [0.25, 0.3) is 5.91 Å². The Labute approximate surface area is 129 Å². The first kappa shape index (κ1) is 14.5. The molecule has 1 aromatic heterocycles. The molecule has 1 amide bonds. The molecule has 0 atom stereocenters. The fourth-order valence-corrected chi connectivity index (χ4v) is 2.42. The maximum absolute atomic E-state index is 12.6. The highest BCUT2D eigenvalue weighted by molar-refractivity contribution is 5.94. The van der Waals surface area contributed by atoms with Gasteiger partial charge in [-0.2, -0.15) is 0 Å². The van der Waals surface area contributed by atoms with Gasteiger partial charge in [-0.3, -0.25) is 4.79 Å². The maximum atomic E-state index is 12.6. The molecule has 0 radical (unpaired) electrons. The summed E-state index contributed by atoms with van der Waals surface area (Å²) >= 11 is 0.